The topological polar surface area (TPSA) is 105 Å². The van der Waals surface area contributed by atoms with Gasteiger partial charge >= 0.3 is 0 Å². The summed E-state index contributed by atoms with van der Waals surface area (Å²) in [5, 5.41) is 17.7. The van der Waals surface area contributed by atoms with E-state index in [2.05, 4.69) is 15.5 Å². The number of guanidine groups is 1. The molecule has 0 aliphatic carbocycles. The highest BCUT2D eigenvalue weighted by Gasteiger charge is 2.25. The molecule has 1 fully saturated rings. The Bertz CT molecular complexity index is 839. The van der Waals surface area contributed by atoms with Crippen LogP contribution in [0.2, 0.25) is 0 Å². The Morgan fingerprint density at radius 3 is 2.64 bits per heavy atom. The van der Waals surface area contributed by atoms with Crippen LogP contribution in [-0.4, -0.2) is 55.2 Å². The summed E-state index contributed by atoms with van der Waals surface area (Å²) in [6.45, 7) is 7.34. The van der Waals surface area contributed by atoms with Gasteiger partial charge in [0.2, 0.25) is 0 Å². The summed E-state index contributed by atoms with van der Waals surface area (Å²) >= 11 is 0. The van der Waals surface area contributed by atoms with E-state index >= 15 is 0 Å². The van der Waals surface area contributed by atoms with E-state index in [0.29, 0.717) is 32.3 Å². The molecule has 2 aromatic rings. The van der Waals surface area contributed by atoms with Gasteiger partial charge in [0.05, 0.1) is 23.8 Å². The van der Waals surface area contributed by atoms with Crippen LogP contribution < -0.4 is 10.6 Å². The van der Waals surface area contributed by atoms with Crippen molar-refractivity contribution >= 4 is 35.6 Å². The first-order valence-corrected chi connectivity index (χ1v) is 11.3. The number of rotatable bonds is 12. The van der Waals surface area contributed by atoms with Gasteiger partial charge in [0.15, 0.2) is 5.96 Å². The average molecular weight is 571 g/mol. The largest absolute Gasteiger partial charge is 0.468 e. The molecular weight excluding hydrogens is 537 g/mol. The van der Waals surface area contributed by atoms with Gasteiger partial charge in [-0.2, -0.15) is 0 Å². The summed E-state index contributed by atoms with van der Waals surface area (Å²) in [4.78, 5) is 17.6. The Morgan fingerprint density at radius 1 is 1.24 bits per heavy atom. The highest BCUT2D eigenvalue weighted by molar-refractivity contribution is 14.0. The molecule has 0 bridgehead atoms. The summed E-state index contributed by atoms with van der Waals surface area (Å²) in [5.74, 6) is 1.65. The van der Waals surface area contributed by atoms with E-state index < -0.39 is 4.92 Å². The SMILES string of the molecule is CCOCCCNC(=NCc1ccc([N+](=O)[O-])cc1)NCC(c1ccco1)N1CCCC1.I. The average Bonchev–Trinajstić information content (AvgIpc) is 3.52. The zero-order chi connectivity index (χ0) is 22.6. The number of aliphatic imine (C=N–C) groups is 1. The van der Waals surface area contributed by atoms with Gasteiger partial charge in [0.25, 0.3) is 5.69 Å². The van der Waals surface area contributed by atoms with E-state index in [9.17, 15) is 10.1 Å². The predicted molar refractivity (Wildman–Crippen MR) is 139 cm³/mol. The van der Waals surface area contributed by atoms with Gasteiger partial charge in [0, 0.05) is 38.4 Å². The molecule has 0 spiro atoms. The van der Waals surface area contributed by atoms with E-state index in [-0.39, 0.29) is 35.7 Å². The minimum atomic E-state index is -0.396. The molecule has 1 aliphatic rings. The first-order chi connectivity index (χ1) is 15.7. The maximum atomic E-state index is 10.9. The summed E-state index contributed by atoms with van der Waals surface area (Å²) in [6, 6.07) is 10.6. The lowest BCUT2D eigenvalue weighted by molar-refractivity contribution is -0.384. The van der Waals surface area contributed by atoms with Crippen molar-refractivity contribution in [2.75, 3.05) is 39.4 Å². The number of nitro benzene ring substituents is 1. The molecule has 9 nitrogen and oxygen atoms in total. The van der Waals surface area contributed by atoms with Gasteiger partial charge in [-0.15, -0.1) is 24.0 Å². The second-order valence-corrected chi connectivity index (χ2v) is 7.72. The molecular formula is C23H34IN5O4. The van der Waals surface area contributed by atoms with Crippen LogP contribution in [0, 0.1) is 10.1 Å². The Labute approximate surface area is 212 Å². The van der Waals surface area contributed by atoms with Crippen LogP contribution in [-0.2, 0) is 11.3 Å². The molecule has 0 saturated carbocycles. The molecule has 1 unspecified atom stereocenters. The van der Waals surface area contributed by atoms with Crippen LogP contribution in [0.15, 0.2) is 52.1 Å². The van der Waals surface area contributed by atoms with E-state index in [1.165, 1.54) is 25.0 Å². The summed E-state index contributed by atoms with van der Waals surface area (Å²) < 4.78 is 11.1. The third kappa shape index (κ3) is 8.94. The van der Waals surface area contributed by atoms with Gasteiger partial charge in [-0.1, -0.05) is 12.1 Å². The van der Waals surface area contributed by atoms with E-state index in [1.807, 2.05) is 19.1 Å². The predicted octanol–water partition coefficient (Wildman–Crippen LogP) is 4.10. The summed E-state index contributed by atoms with van der Waals surface area (Å²) in [6.07, 6.45) is 5.00. The highest BCUT2D eigenvalue weighted by Crippen LogP contribution is 2.24. The normalized spacial score (nSPS) is 15.1. The fraction of sp³-hybridized carbons (Fsp3) is 0.522. The highest BCUT2D eigenvalue weighted by atomic mass is 127. The van der Waals surface area contributed by atoms with E-state index in [4.69, 9.17) is 14.1 Å². The zero-order valence-electron chi connectivity index (χ0n) is 19.1. The lowest BCUT2D eigenvalue weighted by atomic mass is 10.2. The van der Waals surface area contributed by atoms with Crippen molar-refractivity contribution in [3.05, 3.63) is 64.1 Å². The maximum absolute atomic E-state index is 10.9. The van der Waals surface area contributed by atoms with Crippen molar-refractivity contribution in [1.82, 2.24) is 15.5 Å². The molecule has 1 atom stereocenters. The number of ether oxygens (including phenoxy) is 1. The Hall–Kier alpha value is -2.18. The first kappa shape index (κ1) is 27.1. The minimum absolute atomic E-state index is 0. The number of nitrogens with zero attached hydrogens (tertiary/aromatic N) is 3. The molecule has 1 aromatic carbocycles. The molecule has 1 saturated heterocycles. The molecule has 2 heterocycles. The molecule has 1 aliphatic heterocycles. The lowest BCUT2D eigenvalue weighted by Gasteiger charge is -2.26. The number of nitro groups is 1. The number of halogens is 1. The van der Waals surface area contributed by atoms with Crippen molar-refractivity contribution in [2.45, 2.75) is 38.8 Å². The number of benzene rings is 1. The van der Waals surface area contributed by atoms with Crippen LogP contribution in [0.1, 0.15) is 43.6 Å². The second-order valence-electron chi connectivity index (χ2n) is 7.72. The third-order valence-corrected chi connectivity index (χ3v) is 5.44. The molecule has 3 rings (SSSR count). The molecule has 10 heteroatoms. The summed E-state index contributed by atoms with van der Waals surface area (Å²) in [7, 11) is 0. The number of nitrogens with one attached hydrogen (secondary N) is 2. The second kappa shape index (κ2) is 14.9. The van der Waals surface area contributed by atoms with Crippen LogP contribution in [0.25, 0.3) is 0 Å². The summed E-state index contributed by atoms with van der Waals surface area (Å²) in [5.41, 5.74) is 0.991. The third-order valence-electron chi connectivity index (χ3n) is 5.44. The van der Waals surface area contributed by atoms with Crippen molar-refractivity contribution in [3.63, 3.8) is 0 Å². The number of hydrogen-bond acceptors (Lipinski definition) is 6. The van der Waals surface area contributed by atoms with Gasteiger partial charge in [0.1, 0.15) is 5.76 Å². The van der Waals surface area contributed by atoms with Crippen molar-refractivity contribution in [2.24, 2.45) is 4.99 Å². The number of hydrogen-bond donors (Lipinski definition) is 2. The van der Waals surface area contributed by atoms with E-state index in [1.54, 1.807) is 18.4 Å². The van der Waals surface area contributed by atoms with Crippen molar-refractivity contribution in [3.8, 4) is 0 Å². The monoisotopic (exact) mass is 571 g/mol. The molecule has 1 aromatic heterocycles. The quantitative estimate of drug-likeness (QED) is 0.0987. The molecule has 182 valence electrons. The maximum Gasteiger partial charge on any atom is 0.269 e. The number of likely N-dealkylation sites (tertiary alicyclic amines) is 1. The smallest absolute Gasteiger partial charge is 0.269 e. The Balaban J connectivity index is 0.00000385. The zero-order valence-corrected chi connectivity index (χ0v) is 21.4. The van der Waals surface area contributed by atoms with Gasteiger partial charge in [-0.25, -0.2) is 4.99 Å². The van der Waals surface area contributed by atoms with Crippen LogP contribution in [0.5, 0.6) is 0 Å². The Morgan fingerprint density at radius 2 is 2.00 bits per heavy atom. The Kier molecular flexibility index (Phi) is 12.2. The van der Waals surface area contributed by atoms with Crippen LogP contribution in [0.3, 0.4) is 0 Å². The van der Waals surface area contributed by atoms with E-state index in [0.717, 1.165) is 37.4 Å². The van der Waals surface area contributed by atoms with Gasteiger partial charge in [-0.05, 0) is 57.0 Å². The van der Waals surface area contributed by atoms with Crippen LogP contribution >= 0.6 is 24.0 Å². The molecule has 0 radical (unpaired) electrons. The van der Waals surface area contributed by atoms with Gasteiger partial charge in [-0.3, -0.25) is 15.0 Å². The van der Waals surface area contributed by atoms with Crippen LogP contribution in [0.4, 0.5) is 5.69 Å². The first-order valence-electron chi connectivity index (χ1n) is 11.3. The lowest BCUT2D eigenvalue weighted by Crippen LogP contribution is -2.43. The number of furan rings is 1. The molecule has 33 heavy (non-hydrogen) atoms. The number of non-ortho nitro benzene ring substituents is 1. The molecule has 2 N–H and O–H groups in total. The van der Waals surface area contributed by atoms with Gasteiger partial charge < -0.3 is 19.8 Å². The van der Waals surface area contributed by atoms with Crippen molar-refractivity contribution in [1.29, 1.82) is 0 Å². The fourth-order valence-electron chi connectivity index (χ4n) is 3.73. The minimum Gasteiger partial charge on any atom is -0.468 e. The standard InChI is InChI=1S/C23H33N5O4.HI/c1-2-31-15-6-12-24-23(25-17-19-8-10-20(11-9-19)28(29)30)26-18-21(22-7-5-16-32-22)27-13-3-4-14-27;/h5,7-11,16,21H,2-4,6,12-15,17-18H2,1H3,(H2,24,25,26);1H. The fourth-order valence-corrected chi connectivity index (χ4v) is 3.73. The van der Waals surface area contributed by atoms with Crippen molar-refractivity contribution < 1.29 is 14.1 Å². The molecule has 0 amide bonds.